The summed E-state index contributed by atoms with van der Waals surface area (Å²) in [6.07, 6.45) is 0. The van der Waals surface area contributed by atoms with E-state index < -0.39 is 10.0 Å². The normalized spacial score (nSPS) is 15.5. The lowest BCUT2D eigenvalue weighted by Crippen LogP contribution is -2.51. The summed E-state index contributed by atoms with van der Waals surface area (Å²) in [7, 11) is -3.55. The number of sulfonamides is 1. The van der Waals surface area contributed by atoms with Gasteiger partial charge in [-0.25, -0.2) is 8.42 Å². The molecule has 28 heavy (non-hydrogen) atoms. The highest BCUT2D eigenvalue weighted by Crippen LogP contribution is 2.22. The molecule has 1 saturated heterocycles. The third-order valence-corrected chi connectivity index (χ3v) is 7.24. The van der Waals surface area contributed by atoms with E-state index in [0.29, 0.717) is 28.7 Å². The molecule has 1 aliphatic heterocycles. The van der Waals surface area contributed by atoms with Crippen LogP contribution in [0.25, 0.3) is 0 Å². The Balaban J connectivity index is 1.58. The van der Waals surface area contributed by atoms with Gasteiger partial charge in [0.1, 0.15) is 0 Å². The van der Waals surface area contributed by atoms with Crippen LogP contribution in [0, 0.1) is 13.8 Å². The van der Waals surface area contributed by atoms with Gasteiger partial charge in [0.05, 0.1) is 22.2 Å². The zero-order valence-electron chi connectivity index (χ0n) is 16.0. The lowest BCUT2D eigenvalue weighted by molar-refractivity contribution is -0.130. The zero-order chi connectivity index (χ0) is 20.3. The number of aryl methyl sites for hydroxylation is 2. The number of carbonyl (C=O) groups excluding carboxylic acids is 1. The molecule has 150 valence electrons. The molecule has 1 heterocycles. The van der Waals surface area contributed by atoms with Crippen LogP contribution < -0.4 is 5.32 Å². The molecular formula is C20H24ClN3O3S. The second-order valence-electron chi connectivity index (χ2n) is 6.86. The first kappa shape index (κ1) is 20.6. The number of hydrogen-bond acceptors (Lipinski definition) is 4. The monoisotopic (exact) mass is 421 g/mol. The molecule has 3 rings (SSSR count). The van der Waals surface area contributed by atoms with Crippen molar-refractivity contribution >= 4 is 33.2 Å². The van der Waals surface area contributed by atoms with Crippen LogP contribution in [-0.4, -0.2) is 56.3 Å². The molecule has 1 amide bonds. The molecule has 1 aliphatic rings. The van der Waals surface area contributed by atoms with Gasteiger partial charge in [-0.15, -0.1) is 0 Å². The molecule has 1 fully saturated rings. The number of hydrogen-bond donors (Lipinski definition) is 1. The van der Waals surface area contributed by atoms with Gasteiger partial charge >= 0.3 is 0 Å². The minimum atomic E-state index is -3.55. The molecule has 2 aromatic carbocycles. The van der Waals surface area contributed by atoms with Gasteiger partial charge in [0.15, 0.2) is 0 Å². The van der Waals surface area contributed by atoms with Crippen LogP contribution in [0.2, 0.25) is 5.02 Å². The summed E-state index contributed by atoms with van der Waals surface area (Å²) in [5, 5.41) is 3.59. The van der Waals surface area contributed by atoms with Crippen molar-refractivity contribution in [2.24, 2.45) is 0 Å². The van der Waals surface area contributed by atoms with Gasteiger partial charge in [0, 0.05) is 26.2 Å². The molecule has 6 nitrogen and oxygen atoms in total. The maximum absolute atomic E-state index is 12.9. The Kier molecular flexibility index (Phi) is 6.27. The van der Waals surface area contributed by atoms with Crippen molar-refractivity contribution in [1.82, 2.24) is 9.21 Å². The second kappa shape index (κ2) is 8.51. The van der Waals surface area contributed by atoms with Gasteiger partial charge in [0.25, 0.3) is 0 Å². The fourth-order valence-corrected chi connectivity index (χ4v) is 4.80. The molecule has 1 N–H and O–H groups in total. The lowest BCUT2D eigenvalue weighted by Gasteiger charge is -2.34. The first-order valence-electron chi connectivity index (χ1n) is 9.12. The molecule has 0 spiro atoms. The van der Waals surface area contributed by atoms with Crippen molar-refractivity contribution in [3.05, 3.63) is 58.6 Å². The Morgan fingerprint density at radius 2 is 1.71 bits per heavy atom. The Morgan fingerprint density at radius 1 is 1.04 bits per heavy atom. The summed E-state index contributed by atoms with van der Waals surface area (Å²) in [5.41, 5.74) is 2.70. The maximum Gasteiger partial charge on any atom is 0.243 e. The van der Waals surface area contributed by atoms with Crippen LogP contribution in [-0.2, 0) is 14.8 Å². The highest BCUT2D eigenvalue weighted by Gasteiger charge is 2.30. The van der Waals surface area contributed by atoms with Gasteiger partial charge in [-0.3, -0.25) is 4.79 Å². The van der Waals surface area contributed by atoms with Gasteiger partial charge in [-0.2, -0.15) is 4.31 Å². The minimum absolute atomic E-state index is 0.0804. The smallest absolute Gasteiger partial charge is 0.243 e. The van der Waals surface area contributed by atoms with Crippen molar-refractivity contribution < 1.29 is 13.2 Å². The fraction of sp³-hybridized carbons (Fsp3) is 0.350. The third-order valence-electron chi connectivity index (χ3n) is 5.01. The average Bonchev–Trinajstić information content (AvgIpc) is 2.69. The number of para-hydroxylation sites is 1. The number of anilines is 1. The van der Waals surface area contributed by atoms with Crippen LogP contribution in [0.1, 0.15) is 11.1 Å². The number of nitrogens with zero attached hydrogens (tertiary/aromatic N) is 2. The van der Waals surface area contributed by atoms with Crippen molar-refractivity contribution in [3.8, 4) is 0 Å². The summed E-state index contributed by atoms with van der Waals surface area (Å²) in [5.74, 6) is -0.0804. The number of amides is 1. The molecule has 0 radical (unpaired) electrons. The molecule has 0 aliphatic carbocycles. The lowest BCUT2D eigenvalue weighted by atomic mass is 10.1. The van der Waals surface area contributed by atoms with Crippen LogP contribution in [0.5, 0.6) is 0 Å². The molecular weight excluding hydrogens is 398 g/mol. The Labute approximate surface area is 171 Å². The second-order valence-corrected chi connectivity index (χ2v) is 9.21. The topological polar surface area (TPSA) is 69.7 Å². The van der Waals surface area contributed by atoms with Crippen LogP contribution in [0.15, 0.2) is 47.4 Å². The van der Waals surface area contributed by atoms with Crippen LogP contribution in [0.4, 0.5) is 5.69 Å². The van der Waals surface area contributed by atoms with Gasteiger partial charge < -0.3 is 10.2 Å². The third kappa shape index (κ3) is 4.48. The van der Waals surface area contributed by atoms with Gasteiger partial charge in [-0.05, 0) is 49.2 Å². The van der Waals surface area contributed by atoms with E-state index in [9.17, 15) is 13.2 Å². The number of nitrogens with one attached hydrogen (secondary N) is 1. The van der Waals surface area contributed by atoms with Crippen LogP contribution in [0.3, 0.4) is 0 Å². The standard InChI is InChI=1S/C20H24ClN3O3S/c1-15-7-8-17(13-16(15)2)28(26,27)24-11-9-23(10-12-24)20(25)14-22-19-6-4-3-5-18(19)21/h3-8,13,22H,9-12,14H2,1-2H3. The molecule has 0 aromatic heterocycles. The summed E-state index contributed by atoms with van der Waals surface area (Å²) in [6, 6.07) is 12.4. The van der Waals surface area contributed by atoms with E-state index in [2.05, 4.69) is 5.32 Å². The largest absolute Gasteiger partial charge is 0.375 e. The van der Waals surface area contributed by atoms with E-state index in [1.807, 2.05) is 38.1 Å². The van der Waals surface area contributed by atoms with Crippen molar-refractivity contribution in [2.45, 2.75) is 18.7 Å². The number of halogens is 1. The van der Waals surface area contributed by atoms with Gasteiger partial charge in [0.2, 0.25) is 15.9 Å². The summed E-state index contributed by atoms with van der Waals surface area (Å²) in [6.45, 7) is 5.28. The van der Waals surface area contributed by atoms with Crippen LogP contribution >= 0.6 is 11.6 Å². The summed E-state index contributed by atoms with van der Waals surface area (Å²) >= 11 is 6.08. The number of piperazine rings is 1. The number of carbonyl (C=O) groups is 1. The van der Waals surface area contributed by atoms with E-state index in [0.717, 1.165) is 11.1 Å². The first-order valence-corrected chi connectivity index (χ1v) is 10.9. The molecule has 0 bridgehead atoms. The molecule has 8 heteroatoms. The average molecular weight is 422 g/mol. The maximum atomic E-state index is 12.9. The van der Waals surface area contributed by atoms with Gasteiger partial charge in [-0.1, -0.05) is 29.8 Å². The minimum Gasteiger partial charge on any atom is -0.375 e. The molecule has 2 aromatic rings. The van der Waals surface area contributed by atoms with E-state index >= 15 is 0 Å². The SMILES string of the molecule is Cc1ccc(S(=O)(=O)N2CCN(C(=O)CNc3ccccc3Cl)CC2)cc1C. The molecule has 0 atom stereocenters. The zero-order valence-corrected chi connectivity index (χ0v) is 17.6. The predicted octanol–water partition coefficient (Wildman–Crippen LogP) is 2.90. The quantitative estimate of drug-likeness (QED) is 0.805. The van der Waals surface area contributed by atoms with E-state index in [4.69, 9.17) is 11.6 Å². The van der Waals surface area contributed by atoms with E-state index in [1.54, 1.807) is 23.1 Å². The summed E-state index contributed by atoms with van der Waals surface area (Å²) < 4.78 is 27.2. The van der Waals surface area contributed by atoms with Crippen molar-refractivity contribution in [3.63, 3.8) is 0 Å². The molecule has 0 saturated carbocycles. The fourth-order valence-electron chi connectivity index (χ4n) is 3.09. The number of benzene rings is 2. The van der Waals surface area contributed by atoms with E-state index in [1.165, 1.54) is 4.31 Å². The Bertz CT molecular complexity index is 970. The summed E-state index contributed by atoms with van der Waals surface area (Å²) in [4.78, 5) is 14.4. The Morgan fingerprint density at radius 3 is 2.36 bits per heavy atom. The first-order chi connectivity index (χ1) is 13.3. The highest BCUT2D eigenvalue weighted by atomic mass is 35.5. The highest BCUT2D eigenvalue weighted by molar-refractivity contribution is 7.89. The van der Waals surface area contributed by atoms with E-state index in [-0.39, 0.29) is 25.5 Å². The van der Waals surface area contributed by atoms with Crippen molar-refractivity contribution in [2.75, 3.05) is 38.0 Å². The van der Waals surface area contributed by atoms with Crippen molar-refractivity contribution in [1.29, 1.82) is 0 Å². The Hall–Kier alpha value is -2.09. The molecule has 0 unspecified atom stereocenters. The number of rotatable bonds is 5. The predicted molar refractivity (Wildman–Crippen MR) is 111 cm³/mol.